The van der Waals surface area contributed by atoms with Gasteiger partial charge in [0.2, 0.25) is 0 Å². The number of hydrogen-bond acceptors (Lipinski definition) is 9. The molecule has 0 saturated carbocycles. The number of para-hydroxylation sites is 2. The number of anilines is 2. The van der Waals surface area contributed by atoms with E-state index in [-0.39, 0.29) is 23.8 Å². The summed E-state index contributed by atoms with van der Waals surface area (Å²) in [6, 6.07) is 8.47. The molecule has 2 aromatic carbocycles. The third-order valence-electron chi connectivity index (χ3n) is 5.30. The maximum absolute atomic E-state index is 15.8. The van der Waals surface area contributed by atoms with Gasteiger partial charge in [-0.15, -0.1) is 0 Å². The molecule has 3 rings (SSSR count). The number of aromatic nitrogens is 2. The van der Waals surface area contributed by atoms with Gasteiger partial charge in [0.05, 0.1) is 43.2 Å². The zero-order valence-corrected chi connectivity index (χ0v) is 19.8. The number of fused-ring (bicyclic) bond motifs is 1. The average Bonchev–Trinajstić information content (AvgIpc) is 2.88. The summed E-state index contributed by atoms with van der Waals surface area (Å²) in [5, 5.41) is 29.8. The first-order valence-electron chi connectivity index (χ1n) is 10.8. The Morgan fingerprint density at radius 2 is 1.89 bits per heavy atom. The number of carbonyl (C=O) groups excluding carboxylic acids is 1. The molecule has 192 valence electrons. The van der Waals surface area contributed by atoms with Crippen LogP contribution in [0.1, 0.15) is 23.2 Å². The molecule has 1 aromatic heterocycles. The fraction of sp³-hybridized carbons (Fsp3) is 0.250. The van der Waals surface area contributed by atoms with Crippen LogP contribution in [-0.4, -0.2) is 64.8 Å². The monoisotopic (exact) mass is 511 g/mol. The number of hydrogen-bond donors (Lipinski definition) is 3. The van der Waals surface area contributed by atoms with Crippen LogP contribution in [0.4, 0.5) is 15.9 Å². The first kappa shape index (κ1) is 26.6. The number of rotatable bonds is 11. The third kappa shape index (κ3) is 5.81. The van der Waals surface area contributed by atoms with E-state index in [0.717, 1.165) is 13.2 Å². The summed E-state index contributed by atoms with van der Waals surface area (Å²) < 4.78 is 26.2. The van der Waals surface area contributed by atoms with E-state index >= 15 is 4.39 Å². The van der Waals surface area contributed by atoms with Crippen LogP contribution < -0.4 is 19.7 Å². The molecule has 0 bridgehead atoms. The maximum atomic E-state index is 15.8. The van der Waals surface area contributed by atoms with E-state index in [1.54, 1.807) is 24.3 Å². The number of amides is 1. The van der Waals surface area contributed by atoms with Gasteiger partial charge in [-0.25, -0.2) is 14.2 Å². The molecule has 0 aliphatic heterocycles. The van der Waals surface area contributed by atoms with Crippen molar-refractivity contribution < 1.29 is 38.5 Å². The van der Waals surface area contributed by atoms with Gasteiger partial charge in [0.1, 0.15) is 23.9 Å². The van der Waals surface area contributed by atoms with Crippen molar-refractivity contribution in [1.82, 2.24) is 15.3 Å². The summed E-state index contributed by atoms with van der Waals surface area (Å²) in [5.41, 5.74) is 0.424. The number of nitrogens with zero attached hydrogens (tertiary/aromatic N) is 4. The van der Waals surface area contributed by atoms with E-state index < -0.39 is 53.9 Å². The molecule has 12 nitrogen and oxygen atoms in total. The topological polar surface area (TPSA) is 175 Å². The van der Waals surface area contributed by atoms with Crippen LogP contribution in [0.5, 0.6) is 11.5 Å². The van der Waals surface area contributed by atoms with Crippen molar-refractivity contribution in [3.8, 4) is 17.6 Å². The summed E-state index contributed by atoms with van der Waals surface area (Å²) in [6.45, 7) is -0.349. The second-order valence-corrected chi connectivity index (χ2v) is 7.58. The number of nitriles is 1. The van der Waals surface area contributed by atoms with E-state index in [2.05, 4.69) is 15.3 Å². The van der Waals surface area contributed by atoms with Crippen LogP contribution in [0, 0.1) is 17.1 Å². The highest BCUT2D eigenvalue weighted by atomic mass is 19.1. The minimum absolute atomic E-state index is 0.139. The minimum Gasteiger partial charge on any atom is -0.496 e. The summed E-state index contributed by atoms with van der Waals surface area (Å²) in [5.74, 6) is -5.46. The van der Waals surface area contributed by atoms with Crippen LogP contribution in [0.25, 0.3) is 11.0 Å². The molecular weight excluding hydrogens is 489 g/mol. The molecule has 3 aromatic rings. The Bertz CT molecular complexity index is 1390. The third-order valence-corrected chi connectivity index (χ3v) is 5.30. The first-order valence-corrected chi connectivity index (χ1v) is 10.8. The summed E-state index contributed by atoms with van der Waals surface area (Å²) in [6.07, 6.45) is 0.436. The summed E-state index contributed by atoms with van der Waals surface area (Å²) in [4.78, 5) is 45.3. The van der Waals surface area contributed by atoms with Gasteiger partial charge < -0.3 is 29.9 Å². The van der Waals surface area contributed by atoms with Crippen molar-refractivity contribution in [2.45, 2.75) is 18.9 Å². The molecule has 1 amide bonds. The smallest absolute Gasteiger partial charge is 0.326 e. The highest BCUT2D eigenvalue weighted by Crippen LogP contribution is 2.40. The lowest BCUT2D eigenvalue weighted by Crippen LogP contribution is -2.41. The van der Waals surface area contributed by atoms with Crippen LogP contribution >= 0.6 is 0 Å². The number of aliphatic carboxylic acids is 2. The highest BCUT2D eigenvalue weighted by Gasteiger charge is 2.31. The second kappa shape index (κ2) is 11.6. The van der Waals surface area contributed by atoms with Gasteiger partial charge in [0.25, 0.3) is 5.91 Å². The van der Waals surface area contributed by atoms with Gasteiger partial charge >= 0.3 is 11.9 Å². The largest absolute Gasteiger partial charge is 0.496 e. The quantitative estimate of drug-likeness (QED) is 0.323. The standard InChI is InChI=1S/C24H22FN5O7/c1-36-17-11-16(30(10-9-26)18-12-27-13-5-3-4-6-14(13)28-18)21(25)22(37-2)20(17)23(33)29-15(24(34)35)7-8-19(31)32/h3-6,11-12,15H,7-8,10H2,1-2H3,(H,29,33)(H,31,32)(H,34,35). The lowest BCUT2D eigenvalue weighted by atomic mass is 10.1. The molecule has 0 aliphatic carbocycles. The maximum Gasteiger partial charge on any atom is 0.326 e. The van der Waals surface area contributed by atoms with Crippen molar-refractivity contribution in [3.63, 3.8) is 0 Å². The number of carboxylic acid groups (broad SMARTS) is 2. The number of ether oxygens (including phenoxy) is 2. The van der Waals surface area contributed by atoms with Crippen LogP contribution in [0.15, 0.2) is 36.5 Å². The number of benzene rings is 2. The van der Waals surface area contributed by atoms with Crippen molar-refractivity contribution in [1.29, 1.82) is 5.26 Å². The van der Waals surface area contributed by atoms with Crippen molar-refractivity contribution in [2.75, 3.05) is 25.7 Å². The van der Waals surface area contributed by atoms with E-state index in [9.17, 15) is 24.8 Å². The highest BCUT2D eigenvalue weighted by molar-refractivity contribution is 6.02. The Hall–Kier alpha value is -4.99. The summed E-state index contributed by atoms with van der Waals surface area (Å²) in [7, 11) is 2.30. The van der Waals surface area contributed by atoms with Crippen molar-refractivity contribution in [3.05, 3.63) is 47.9 Å². The average molecular weight is 511 g/mol. The van der Waals surface area contributed by atoms with Gasteiger partial charge in [-0.2, -0.15) is 5.26 Å². The first-order chi connectivity index (χ1) is 17.7. The van der Waals surface area contributed by atoms with Crippen molar-refractivity contribution in [2.24, 2.45) is 0 Å². The Balaban J connectivity index is 2.09. The van der Waals surface area contributed by atoms with Crippen molar-refractivity contribution >= 4 is 40.4 Å². The number of nitrogens with one attached hydrogen (secondary N) is 1. The lowest BCUT2D eigenvalue weighted by molar-refractivity contribution is -0.140. The summed E-state index contributed by atoms with van der Waals surface area (Å²) >= 11 is 0. The predicted molar refractivity (Wildman–Crippen MR) is 127 cm³/mol. The van der Waals surface area contributed by atoms with E-state index in [1.165, 1.54) is 18.2 Å². The fourth-order valence-corrected chi connectivity index (χ4v) is 3.56. The molecule has 0 aliphatic rings. The fourth-order valence-electron chi connectivity index (χ4n) is 3.56. The predicted octanol–water partition coefficient (Wildman–Crippen LogP) is 2.50. The van der Waals surface area contributed by atoms with Gasteiger partial charge in [0.15, 0.2) is 17.4 Å². The zero-order chi connectivity index (χ0) is 27.1. The molecule has 0 spiro atoms. The number of carboxylic acids is 2. The Morgan fingerprint density at radius 1 is 1.19 bits per heavy atom. The van der Waals surface area contributed by atoms with E-state index in [4.69, 9.17) is 14.6 Å². The van der Waals surface area contributed by atoms with E-state index in [0.29, 0.717) is 11.0 Å². The molecule has 3 N–H and O–H groups in total. The molecule has 0 fully saturated rings. The second-order valence-electron chi connectivity index (χ2n) is 7.58. The number of methoxy groups -OCH3 is 2. The van der Waals surface area contributed by atoms with Gasteiger partial charge in [-0.1, -0.05) is 12.1 Å². The molecule has 1 heterocycles. The van der Waals surface area contributed by atoms with Gasteiger partial charge in [-0.05, 0) is 18.6 Å². The number of halogens is 1. The molecule has 1 unspecified atom stereocenters. The lowest BCUT2D eigenvalue weighted by Gasteiger charge is -2.24. The Kier molecular flexibility index (Phi) is 8.36. The SMILES string of the molecule is COc1cc(N(CC#N)c2cnc3ccccc3n2)c(F)c(OC)c1C(=O)NC(CCC(=O)O)C(=O)O. The van der Waals surface area contributed by atoms with E-state index in [1.807, 2.05) is 6.07 Å². The molecule has 0 saturated heterocycles. The minimum atomic E-state index is -1.57. The molecule has 37 heavy (non-hydrogen) atoms. The molecular formula is C24H22FN5O7. The molecule has 13 heteroatoms. The zero-order valence-electron chi connectivity index (χ0n) is 19.8. The van der Waals surface area contributed by atoms with Crippen LogP contribution in [0.3, 0.4) is 0 Å². The molecule has 1 atom stereocenters. The Labute approximate surface area is 209 Å². The Morgan fingerprint density at radius 3 is 2.49 bits per heavy atom. The molecule has 0 radical (unpaired) electrons. The van der Waals surface area contributed by atoms with Gasteiger partial charge in [-0.3, -0.25) is 14.6 Å². The van der Waals surface area contributed by atoms with Gasteiger partial charge in [0, 0.05) is 12.5 Å². The van der Waals surface area contributed by atoms with Crippen LogP contribution in [0.2, 0.25) is 0 Å². The normalized spacial score (nSPS) is 11.3. The van der Waals surface area contributed by atoms with Crippen LogP contribution in [-0.2, 0) is 9.59 Å². The number of carbonyl (C=O) groups is 3.